The van der Waals surface area contributed by atoms with Crippen LogP contribution in [0.1, 0.15) is 77.2 Å². The fraction of sp³-hybridized carbons (Fsp3) is 0.333. The summed E-state index contributed by atoms with van der Waals surface area (Å²) < 4.78 is 53.8. The molecule has 8 aromatic rings. The van der Waals surface area contributed by atoms with Crippen molar-refractivity contribution in [1.82, 2.24) is 34.7 Å². The molecule has 0 unspecified atom stereocenters. The molecule has 6 heterocycles. The minimum Gasteiger partial charge on any atom is -0.486 e. The average molecular weight is 1150 g/mol. The number of aliphatic carboxylic acids is 1. The second-order valence-electron chi connectivity index (χ2n) is 20.9. The lowest BCUT2D eigenvalue weighted by molar-refractivity contribution is -0.131. The molecular weight excluding hydrogens is 1080 g/mol. The number of aliphatic hydroxyl groups is 2. The lowest BCUT2D eigenvalue weighted by atomic mass is 9.99. The Labute approximate surface area is 484 Å². The van der Waals surface area contributed by atoms with Crippen molar-refractivity contribution < 1.29 is 62.2 Å². The van der Waals surface area contributed by atoms with Crippen molar-refractivity contribution in [1.29, 1.82) is 0 Å². The van der Waals surface area contributed by atoms with Crippen molar-refractivity contribution >= 4 is 45.2 Å². The highest BCUT2D eigenvalue weighted by Crippen LogP contribution is 2.38. The van der Waals surface area contributed by atoms with Crippen molar-refractivity contribution in [3.63, 3.8) is 0 Å². The number of benzene rings is 6. The number of carbonyl (C=O) groups excluding carboxylic acids is 3. The Morgan fingerprint density at radius 3 is 1.45 bits per heavy atom. The number of hydrogen-bond acceptors (Lipinski definition) is 15. The molecule has 0 aliphatic carbocycles. The normalized spacial score (nSPS) is 16.0. The number of aryl methyl sites for hydroxylation is 2. The fourth-order valence-corrected chi connectivity index (χ4v) is 10.7. The number of aliphatic hydroxyl groups excluding tert-OH is 2. The van der Waals surface area contributed by atoms with Crippen LogP contribution in [0.5, 0.6) is 23.0 Å². The van der Waals surface area contributed by atoms with Crippen molar-refractivity contribution in [3.05, 3.63) is 155 Å². The van der Waals surface area contributed by atoms with Gasteiger partial charge in [-0.3, -0.25) is 23.7 Å². The van der Waals surface area contributed by atoms with Gasteiger partial charge in [0.15, 0.2) is 34.6 Å². The van der Waals surface area contributed by atoms with E-state index < -0.39 is 59.4 Å². The summed E-state index contributed by atoms with van der Waals surface area (Å²) in [6, 6.07) is 29.6. The number of amides is 1. The lowest BCUT2D eigenvalue weighted by Crippen LogP contribution is -2.48. The van der Waals surface area contributed by atoms with Gasteiger partial charge in [-0.25, -0.2) is 13.6 Å². The molecule has 0 radical (unpaired) electrons. The van der Waals surface area contributed by atoms with E-state index in [0.717, 1.165) is 83.1 Å². The number of rotatable bonds is 15. The lowest BCUT2D eigenvalue weighted by Gasteiger charge is -2.29. The van der Waals surface area contributed by atoms with Crippen LogP contribution in [0, 0.1) is 11.6 Å². The van der Waals surface area contributed by atoms with Gasteiger partial charge in [0.05, 0.1) is 35.6 Å². The Morgan fingerprint density at radius 1 is 0.571 bits per heavy atom. The average Bonchev–Trinajstić information content (AvgIpc) is 3.05. The van der Waals surface area contributed by atoms with E-state index in [1.165, 1.54) is 43.2 Å². The van der Waals surface area contributed by atoms with E-state index in [2.05, 4.69) is 25.3 Å². The van der Waals surface area contributed by atoms with Gasteiger partial charge < -0.3 is 55.1 Å². The summed E-state index contributed by atoms with van der Waals surface area (Å²) in [4.78, 5) is 52.6. The molecular formula is C63H68F2N8O11. The summed E-state index contributed by atoms with van der Waals surface area (Å²) in [7, 11) is 3.76. The standard InChI is InChI=1S/C31H31FN4O5.C16H12N2O3.C15H21FN2O3.CH4/c1-35-26-15-21(8-9-22(26)17-33-35)19-4-6-20(7-5-19)29(38)31(39)34-25(18-36-10-2-3-11-36)28(37)23-14-24(32)30-27(16-23)40-12-13-41-30;1-18-14-8-12(6-7-13(14)9-17-18)10-2-4-11(5-3-10)15(19)16(20)21;16-11-7-10(8-13-15(11)21-6-5-20-13)14(19)12(17)9-18-3-1-2-4-18;/h4-9,14-17,25,28,37H,2-3,10-13,18H2,1H3,(H,34,39);2-9H,1H3,(H,20,21);7-8,12,14,19H,1-6,9,17H2;1H4/t25-,28-;;12-,14-;/m1.1./s1. The Balaban J connectivity index is 0.000000166. The van der Waals surface area contributed by atoms with E-state index in [1.807, 2.05) is 50.5 Å². The molecule has 2 saturated heterocycles. The van der Waals surface area contributed by atoms with Gasteiger partial charge in [0.25, 0.3) is 11.7 Å². The summed E-state index contributed by atoms with van der Waals surface area (Å²) in [5, 5.41) is 43.6. The largest absolute Gasteiger partial charge is 0.486 e. The maximum atomic E-state index is 14.7. The molecule has 12 rings (SSSR count). The number of nitrogens with zero attached hydrogens (tertiary/aromatic N) is 6. The Hall–Kier alpha value is -8.60. The second kappa shape index (κ2) is 26.8. The number of hydrogen-bond donors (Lipinski definition) is 5. The van der Waals surface area contributed by atoms with Crippen LogP contribution in [0.15, 0.2) is 122 Å². The number of fused-ring (bicyclic) bond motifs is 4. The third kappa shape index (κ3) is 13.7. The molecule has 0 spiro atoms. The first-order valence-electron chi connectivity index (χ1n) is 27.5. The minimum absolute atomic E-state index is 0. The van der Waals surface area contributed by atoms with Crippen molar-refractivity contribution in [2.75, 3.05) is 65.7 Å². The van der Waals surface area contributed by atoms with Crippen LogP contribution in [-0.2, 0) is 23.7 Å². The summed E-state index contributed by atoms with van der Waals surface area (Å²) >= 11 is 0. The number of carboxylic acids is 1. The van der Waals surface area contributed by atoms with Crippen LogP contribution in [0.3, 0.4) is 0 Å². The van der Waals surface area contributed by atoms with Crippen LogP contribution in [0.2, 0.25) is 0 Å². The van der Waals surface area contributed by atoms with Gasteiger partial charge in [-0.1, -0.05) is 80.2 Å². The van der Waals surface area contributed by atoms with Crippen LogP contribution < -0.4 is 30.0 Å². The first kappa shape index (κ1) is 60.0. The number of halogens is 2. The van der Waals surface area contributed by atoms with Crippen LogP contribution in [0.25, 0.3) is 44.1 Å². The van der Waals surface area contributed by atoms with E-state index in [9.17, 15) is 38.2 Å². The van der Waals surface area contributed by atoms with Crippen LogP contribution in [-0.4, -0.2) is 146 Å². The number of ether oxygens (including phenoxy) is 4. The van der Waals surface area contributed by atoms with Gasteiger partial charge >= 0.3 is 5.97 Å². The van der Waals surface area contributed by atoms with E-state index in [1.54, 1.807) is 64.2 Å². The first-order valence-corrected chi connectivity index (χ1v) is 27.5. The summed E-state index contributed by atoms with van der Waals surface area (Å²) in [5.74, 6) is -4.41. The predicted octanol–water partition coefficient (Wildman–Crippen LogP) is 7.84. The number of likely N-dealkylation sites (tertiary alicyclic amines) is 2. The molecule has 21 heteroatoms. The number of nitrogens with two attached hydrogens (primary N) is 1. The number of aromatic nitrogens is 4. The predicted molar refractivity (Wildman–Crippen MR) is 311 cm³/mol. The number of Topliss-reactive ketones (excluding diaryl/α,β-unsaturated/α-hetero) is 2. The number of nitrogens with one attached hydrogen (secondary N) is 1. The van der Waals surface area contributed by atoms with Gasteiger partial charge in [0, 0.05) is 55.1 Å². The van der Waals surface area contributed by atoms with Crippen LogP contribution in [0.4, 0.5) is 8.78 Å². The molecule has 19 nitrogen and oxygen atoms in total. The Bertz CT molecular complexity index is 3660. The molecule has 440 valence electrons. The van der Waals surface area contributed by atoms with Gasteiger partial charge in [0.1, 0.15) is 32.5 Å². The summed E-state index contributed by atoms with van der Waals surface area (Å²) in [6.45, 7) is 5.79. The molecule has 6 aromatic carbocycles. The molecule has 6 N–H and O–H groups in total. The van der Waals surface area contributed by atoms with E-state index in [0.29, 0.717) is 37.6 Å². The number of carbonyl (C=O) groups is 4. The van der Waals surface area contributed by atoms with Crippen LogP contribution >= 0.6 is 0 Å². The van der Waals surface area contributed by atoms with E-state index in [4.69, 9.17) is 29.8 Å². The smallest absolute Gasteiger partial charge is 0.377 e. The summed E-state index contributed by atoms with van der Waals surface area (Å²) in [5.41, 5.74) is 12.9. The quantitative estimate of drug-likeness (QED) is 0.0485. The molecule has 1 amide bonds. The highest BCUT2D eigenvalue weighted by atomic mass is 19.1. The molecule has 2 aromatic heterocycles. The number of carboxylic acid groups (broad SMARTS) is 1. The minimum atomic E-state index is -1.45. The SMILES string of the molecule is C.Cn1ncc2ccc(-c3ccc(C(=O)C(=O)N[C@H](CN4CCCC4)[C@H](O)c4cc(F)c5c(c4)OCCO5)cc3)cc21.Cn1ncc2ccc(-c3ccc(C(=O)C(=O)O)cc3)cc21.N[C@H](CN1CCCC1)[C@H](O)c1cc(F)c2c(c1)OCCO2. The van der Waals surface area contributed by atoms with Crippen molar-refractivity contribution in [3.8, 4) is 45.3 Å². The monoisotopic (exact) mass is 1150 g/mol. The van der Waals surface area contributed by atoms with Gasteiger partial charge in [0.2, 0.25) is 5.78 Å². The zero-order valence-corrected chi connectivity index (χ0v) is 45.9. The maximum Gasteiger partial charge on any atom is 0.377 e. The van der Waals surface area contributed by atoms with Gasteiger partial charge in [-0.2, -0.15) is 10.2 Å². The van der Waals surface area contributed by atoms with E-state index in [-0.39, 0.29) is 54.6 Å². The maximum absolute atomic E-state index is 14.7. The molecule has 4 aliphatic rings. The van der Waals surface area contributed by atoms with E-state index >= 15 is 0 Å². The number of ketones is 2. The zero-order valence-electron chi connectivity index (χ0n) is 45.9. The molecule has 84 heavy (non-hydrogen) atoms. The third-order valence-corrected chi connectivity index (χ3v) is 15.2. The van der Waals surface area contributed by atoms with Crippen molar-refractivity contribution in [2.45, 2.75) is 57.4 Å². The molecule has 0 saturated carbocycles. The zero-order chi connectivity index (χ0) is 58.3. The molecule has 2 fully saturated rings. The fourth-order valence-electron chi connectivity index (χ4n) is 10.7. The third-order valence-electron chi connectivity index (χ3n) is 15.2. The topological polar surface area (TPSA) is 246 Å². The molecule has 4 atom stereocenters. The summed E-state index contributed by atoms with van der Waals surface area (Å²) in [6.07, 6.45) is 5.76. The molecule has 0 bridgehead atoms. The van der Waals surface area contributed by atoms with Crippen molar-refractivity contribution in [2.24, 2.45) is 19.8 Å². The van der Waals surface area contributed by atoms with Gasteiger partial charge in [-0.05, 0) is 122 Å². The highest BCUT2D eigenvalue weighted by molar-refractivity contribution is 6.43. The Kier molecular flexibility index (Phi) is 19.1. The van der Waals surface area contributed by atoms with Gasteiger partial charge in [-0.15, -0.1) is 0 Å². The second-order valence-corrected chi connectivity index (χ2v) is 20.9. The Morgan fingerprint density at radius 2 is 0.988 bits per heavy atom. The molecule has 4 aliphatic heterocycles. The highest BCUT2D eigenvalue weighted by Gasteiger charge is 2.32. The first-order chi connectivity index (χ1) is 40.1.